The second-order valence-electron chi connectivity index (χ2n) is 5.60. The summed E-state index contributed by atoms with van der Waals surface area (Å²) in [5.41, 5.74) is -1.94. The lowest BCUT2D eigenvalue weighted by Crippen LogP contribution is -2.41. The van der Waals surface area contributed by atoms with Gasteiger partial charge in [0, 0.05) is 17.8 Å². The maximum absolute atomic E-state index is 13.0. The average Bonchev–Trinajstić information content (AvgIpc) is 2.47. The molecule has 2 heterocycles. The Bertz CT molecular complexity index is 526. The quantitative estimate of drug-likeness (QED) is 0.831. The molecule has 1 aromatic rings. The molecule has 19 heavy (non-hydrogen) atoms. The van der Waals surface area contributed by atoms with Gasteiger partial charge in [0.1, 0.15) is 0 Å². The van der Waals surface area contributed by atoms with Gasteiger partial charge in [0.2, 0.25) is 5.56 Å². The van der Waals surface area contributed by atoms with Gasteiger partial charge in [-0.05, 0) is 33.2 Å². The van der Waals surface area contributed by atoms with E-state index in [9.17, 15) is 13.6 Å². The summed E-state index contributed by atoms with van der Waals surface area (Å²) in [4.78, 5) is 13.6. The van der Waals surface area contributed by atoms with Gasteiger partial charge >= 0.3 is 7.12 Å². The number of pyridine rings is 1. The maximum atomic E-state index is 13.0. The average molecular weight is 271 g/mol. The summed E-state index contributed by atoms with van der Waals surface area (Å²) in [5, 5.41) is 0. The molecule has 0 aromatic carbocycles. The van der Waals surface area contributed by atoms with Crippen molar-refractivity contribution in [2.24, 2.45) is 0 Å². The highest BCUT2D eigenvalue weighted by atomic mass is 19.3. The number of alkyl halides is 2. The molecule has 1 aromatic heterocycles. The zero-order valence-electron chi connectivity index (χ0n) is 11.3. The van der Waals surface area contributed by atoms with Crippen molar-refractivity contribution in [3.05, 3.63) is 28.2 Å². The van der Waals surface area contributed by atoms with Crippen LogP contribution in [0.15, 0.2) is 17.1 Å². The first-order chi connectivity index (χ1) is 8.64. The summed E-state index contributed by atoms with van der Waals surface area (Å²) >= 11 is 0. The summed E-state index contributed by atoms with van der Waals surface area (Å²) < 4.78 is 37.3. The fourth-order valence-electron chi connectivity index (χ4n) is 1.86. The van der Waals surface area contributed by atoms with Crippen molar-refractivity contribution in [1.29, 1.82) is 0 Å². The Hall–Kier alpha value is -1.21. The summed E-state index contributed by atoms with van der Waals surface area (Å²) in [6.07, 6.45) is -1.70. The standard InChI is InChI=1S/C12H16BF2NO3/c1-11(2)12(3,4)19-13(18-11)8-5-9(17)16-6-7(8)10(14)15/h5-6,10H,1-4H3,(H,16,17). The third-order valence-corrected chi connectivity index (χ3v) is 3.73. The van der Waals surface area contributed by atoms with Gasteiger partial charge in [-0.15, -0.1) is 0 Å². The van der Waals surface area contributed by atoms with Crippen molar-refractivity contribution in [3.63, 3.8) is 0 Å². The number of halogens is 2. The van der Waals surface area contributed by atoms with E-state index in [-0.39, 0.29) is 11.0 Å². The van der Waals surface area contributed by atoms with Crippen LogP contribution >= 0.6 is 0 Å². The predicted octanol–water partition coefficient (Wildman–Crippen LogP) is 1.61. The first-order valence-electron chi connectivity index (χ1n) is 6.00. The molecule has 0 radical (unpaired) electrons. The third-order valence-electron chi connectivity index (χ3n) is 3.73. The molecule has 0 amide bonds. The van der Waals surface area contributed by atoms with Crippen LogP contribution in [0.4, 0.5) is 8.78 Å². The van der Waals surface area contributed by atoms with Crippen LogP contribution in [0.2, 0.25) is 0 Å². The lowest BCUT2D eigenvalue weighted by molar-refractivity contribution is 0.00578. The van der Waals surface area contributed by atoms with Gasteiger partial charge < -0.3 is 14.3 Å². The highest BCUT2D eigenvalue weighted by molar-refractivity contribution is 6.62. The van der Waals surface area contributed by atoms with Crippen molar-refractivity contribution >= 4 is 12.6 Å². The van der Waals surface area contributed by atoms with Gasteiger partial charge in [-0.3, -0.25) is 4.79 Å². The molecule has 4 nitrogen and oxygen atoms in total. The molecule has 0 unspecified atom stereocenters. The van der Waals surface area contributed by atoms with E-state index < -0.39 is 30.3 Å². The topological polar surface area (TPSA) is 51.3 Å². The number of rotatable bonds is 2. The molecule has 1 saturated heterocycles. The minimum atomic E-state index is -2.70. The molecule has 1 fully saturated rings. The van der Waals surface area contributed by atoms with E-state index in [1.54, 1.807) is 0 Å². The first-order valence-corrected chi connectivity index (χ1v) is 6.00. The monoisotopic (exact) mass is 271 g/mol. The van der Waals surface area contributed by atoms with E-state index in [1.165, 1.54) is 0 Å². The molecular formula is C12H16BF2NO3. The molecule has 0 bridgehead atoms. The molecule has 0 saturated carbocycles. The summed E-state index contributed by atoms with van der Waals surface area (Å²) in [6.45, 7) is 7.29. The van der Waals surface area contributed by atoms with Gasteiger partial charge in [-0.1, -0.05) is 0 Å². The number of aromatic nitrogens is 1. The van der Waals surface area contributed by atoms with Crippen LogP contribution in [0.3, 0.4) is 0 Å². The normalized spacial score (nSPS) is 21.1. The van der Waals surface area contributed by atoms with Gasteiger partial charge in [0.15, 0.2) is 0 Å². The van der Waals surface area contributed by atoms with Crippen LogP contribution in [-0.4, -0.2) is 23.3 Å². The van der Waals surface area contributed by atoms with Crippen LogP contribution < -0.4 is 11.0 Å². The second kappa shape index (κ2) is 4.42. The van der Waals surface area contributed by atoms with Gasteiger partial charge in [-0.2, -0.15) is 0 Å². The van der Waals surface area contributed by atoms with E-state index in [0.29, 0.717) is 0 Å². The number of nitrogens with one attached hydrogen (secondary N) is 1. The molecule has 1 aliphatic heterocycles. The Labute approximate surface area is 110 Å². The summed E-state index contributed by atoms with van der Waals surface area (Å²) in [7, 11) is -0.962. The minimum absolute atomic E-state index is 0.0809. The second-order valence-corrected chi connectivity index (χ2v) is 5.60. The Kier molecular flexibility index (Phi) is 3.30. The molecule has 1 N–H and O–H groups in total. The molecule has 2 rings (SSSR count). The summed E-state index contributed by atoms with van der Waals surface area (Å²) in [6, 6.07) is 1.10. The summed E-state index contributed by atoms with van der Waals surface area (Å²) in [5.74, 6) is 0. The van der Waals surface area contributed by atoms with Gasteiger partial charge in [0.25, 0.3) is 6.43 Å². The molecule has 0 atom stereocenters. The van der Waals surface area contributed by atoms with Crippen molar-refractivity contribution in [2.75, 3.05) is 0 Å². The van der Waals surface area contributed by atoms with E-state index >= 15 is 0 Å². The van der Waals surface area contributed by atoms with Crippen LogP contribution in [0, 0.1) is 0 Å². The zero-order chi connectivity index (χ0) is 14.4. The van der Waals surface area contributed by atoms with Crippen LogP contribution in [0.5, 0.6) is 0 Å². The molecule has 1 aliphatic rings. The van der Waals surface area contributed by atoms with Crippen molar-refractivity contribution in [3.8, 4) is 0 Å². The predicted molar refractivity (Wildman–Crippen MR) is 67.7 cm³/mol. The van der Waals surface area contributed by atoms with Crippen LogP contribution in [0.25, 0.3) is 0 Å². The Morgan fingerprint density at radius 2 is 1.74 bits per heavy atom. The molecule has 104 valence electrons. The third kappa shape index (κ3) is 2.44. The van der Waals surface area contributed by atoms with Gasteiger partial charge in [-0.25, -0.2) is 8.78 Å². The Morgan fingerprint density at radius 1 is 1.21 bits per heavy atom. The lowest BCUT2D eigenvalue weighted by atomic mass is 9.76. The fourth-order valence-corrected chi connectivity index (χ4v) is 1.86. The highest BCUT2D eigenvalue weighted by Gasteiger charge is 2.52. The molecule has 0 spiro atoms. The molecule has 7 heteroatoms. The SMILES string of the molecule is CC1(C)OB(c2cc(=O)[nH]cc2C(F)F)OC1(C)C. The minimum Gasteiger partial charge on any atom is -0.399 e. The highest BCUT2D eigenvalue weighted by Crippen LogP contribution is 2.36. The first kappa shape index (κ1) is 14.2. The van der Waals surface area contributed by atoms with E-state index in [2.05, 4.69) is 4.98 Å². The van der Waals surface area contributed by atoms with E-state index in [1.807, 2.05) is 27.7 Å². The van der Waals surface area contributed by atoms with Crippen molar-refractivity contribution in [2.45, 2.75) is 45.3 Å². The smallest absolute Gasteiger partial charge is 0.399 e. The van der Waals surface area contributed by atoms with E-state index in [0.717, 1.165) is 12.3 Å². The number of hydrogen-bond donors (Lipinski definition) is 1. The Balaban J connectivity index is 2.44. The van der Waals surface area contributed by atoms with Crippen LogP contribution in [0.1, 0.15) is 39.7 Å². The number of H-pyrrole nitrogens is 1. The fraction of sp³-hybridized carbons (Fsp3) is 0.583. The Morgan fingerprint density at radius 3 is 2.21 bits per heavy atom. The molecular weight excluding hydrogens is 255 g/mol. The lowest BCUT2D eigenvalue weighted by Gasteiger charge is -2.32. The number of hydrogen-bond acceptors (Lipinski definition) is 3. The molecule has 0 aliphatic carbocycles. The van der Waals surface area contributed by atoms with Crippen molar-refractivity contribution in [1.82, 2.24) is 4.98 Å². The van der Waals surface area contributed by atoms with Gasteiger partial charge in [0.05, 0.1) is 11.2 Å². The van der Waals surface area contributed by atoms with Crippen LogP contribution in [-0.2, 0) is 9.31 Å². The largest absolute Gasteiger partial charge is 0.495 e. The van der Waals surface area contributed by atoms with E-state index in [4.69, 9.17) is 9.31 Å². The maximum Gasteiger partial charge on any atom is 0.495 e. The zero-order valence-corrected chi connectivity index (χ0v) is 11.3. The number of aromatic amines is 1. The van der Waals surface area contributed by atoms with Crippen molar-refractivity contribution < 1.29 is 18.1 Å².